The molecule has 37 heavy (non-hydrogen) atoms. The predicted molar refractivity (Wildman–Crippen MR) is 141 cm³/mol. The van der Waals surface area contributed by atoms with Crippen LogP contribution >= 0.6 is 0 Å². The van der Waals surface area contributed by atoms with Crippen molar-refractivity contribution < 1.29 is 20.4 Å². The van der Waals surface area contributed by atoms with Gasteiger partial charge in [0.2, 0.25) is 0 Å². The Balaban J connectivity index is 0.000000463. The van der Waals surface area contributed by atoms with Crippen LogP contribution < -0.4 is 10.2 Å². The molecule has 0 aliphatic carbocycles. The van der Waals surface area contributed by atoms with Crippen LogP contribution in [0, 0.1) is 0 Å². The topological polar surface area (TPSA) is 138 Å². The van der Waals surface area contributed by atoms with Crippen molar-refractivity contribution >= 4 is 17.6 Å². The summed E-state index contributed by atoms with van der Waals surface area (Å²) in [6, 6.07) is 20.7. The van der Waals surface area contributed by atoms with Crippen molar-refractivity contribution in [2.45, 2.75) is 25.7 Å². The van der Waals surface area contributed by atoms with Gasteiger partial charge in [0.1, 0.15) is 0 Å². The number of nitrogens with zero attached hydrogens (tertiary/aromatic N) is 4. The van der Waals surface area contributed by atoms with Crippen molar-refractivity contribution in [1.29, 1.82) is 0 Å². The first-order valence-corrected chi connectivity index (χ1v) is 11.7. The molecule has 9 heteroatoms. The molecule has 0 atom stereocenters. The molecular weight excluding hydrogens is 529 g/mol. The second-order valence-corrected chi connectivity index (χ2v) is 7.18. The van der Waals surface area contributed by atoms with Crippen LogP contribution in [-0.2, 0) is 25.7 Å². The summed E-state index contributed by atoms with van der Waals surface area (Å²) < 4.78 is 0. The van der Waals surface area contributed by atoms with E-state index < -0.39 is 0 Å². The average molecular weight is 563 g/mol. The molecule has 4 aromatic rings. The van der Waals surface area contributed by atoms with E-state index in [1.165, 1.54) is 0 Å². The molecule has 4 heterocycles. The van der Waals surface area contributed by atoms with E-state index in [0.29, 0.717) is 25.7 Å². The number of aliphatic hydroxyl groups excluding tert-OH is 2. The molecule has 0 saturated heterocycles. The Morgan fingerprint density at radius 1 is 0.541 bits per heavy atom. The van der Waals surface area contributed by atoms with Crippen LogP contribution in [0.2, 0.25) is 0 Å². The minimum Gasteiger partial charge on any atom is -0.854 e. The Bertz CT molecular complexity index is 820. The Labute approximate surface area is 230 Å². The Morgan fingerprint density at radius 3 is 1.32 bits per heavy atom. The van der Waals surface area contributed by atoms with Gasteiger partial charge in [-0.05, 0) is 67.3 Å². The molecule has 0 aromatic carbocycles. The molecule has 0 saturated carbocycles. The van der Waals surface area contributed by atoms with E-state index >= 15 is 0 Å². The fourth-order valence-electron chi connectivity index (χ4n) is 2.64. The fourth-order valence-corrected chi connectivity index (χ4v) is 2.64. The zero-order valence-electron chi connectivity index (χ0n) is 20.9. The molecule has 0 aliphatic rings. The second-order valence-electron chi connectivity index (χ2n) is 7.18. The number of aliphatic hydroxyl groups is 2. The summed E-state index contributed by atoms with van der Waals surface area (Å²) in [4.78, 5) is 15.8. The van der Waals surface area contributed by atoms with Crippen molar-refractivity contribution in [2.75, 3.05) is 26.4 Å². The van der Waals surface area contributed by atoms with Gasteiger partial charge in [0, 0.05) is 85.3 Å². The van der Waals surface area contributed by atoms with E-state index in [1.807, 2.05) is 66.7 Å². The van der Waals surface area contributed by atoms with Crippen LogP contribution in [0.4, 0.5) is 0 Å². The summed E-state index contributed by atoms with van der Waals surface area (Å²) in [5, 5.41) is 37.1. The molecule has 0 amide bonds. The zero-order chi connectivity index (χ0) is 26.1. The first-order chi connectivity index (χ1) is 17.7. The number of hydrogen-bond donors (Lipinski definition) is 2. The van der Waals surface area contributed by atoms with Gasteiger partial charge in [-0.2, -0.15) is 0 Å². The Kier molecular flexibility index (Phi) is 22.7. The Hall–Kier alpha value is -3.02. The van der Waals surface area contributed by atoms with Crippen molar-refractivity contribution in [2.24, 2.45) is 0 Å². The van der Waals surface area contributed by atoms with Crippen LogP contribution in [0.25, 0.3) is 0 Å². The summed E-state index contributed by atoms with van der Waals surface area (Å²) >= 11 is 0. The smallest absolute Gasteiger partial charge is 0.0486 e. The first kappa shape index (κ1) is 34.0. The number of rotatable bonds is 8. The molecule has 0 bridgehead atoms. The average Bonchev–Trinajstić information content (AvgIpc) is 2.93. The van der Waals surface area contributed by atoms with E-state index in [1.54, 1.807) is 31.0 Å². The summed E-state index contributed by atoms with van der Waals surface area (Å²) in [6.45, 7) is 0.233. The summed E-state index contributed by atoms with van der Waals surface area (Å²) in [5.41, 5.74) is 3.79. The van der Waals surface area contributed by atoms with Gasteiger partial charge in [0.15, 0.2) is 0 Å². The third kappa shape index (κ3) is 18.9. The van der Waals surface area contributed by atoms with Crippen molar-refractivity contribution in [3.63, 3.8) is 0 Å². The monoisotopic (exact) mass is 564 g/mol. The summed E-state index contributed by atoms with van der Waals surface area (Å²) in [5.74, 6) is 0. The van der Waals surface area contributed by atoms with Gasteiger partial charge >= 0.3 is 0 Å². The van der Waals surface area contributed by atoms with Crippen LogP contribution in [-0.4, -0.2) is 74.2 Å². The molecule has 4 aromatic heterocycles. The van der Waals surface area contributed by atoms with Crippen LogP contribution in [0.5, 0.6) is 0 Å². The van der Waals surface area contributed by atoms with Crippen LogP contribution in [0.3, 0.4) is 0 Å². The molecular formula is C28H34GeN4O4-2. The van der Waals surface area contributed by atoms with E-state index in [-0.39, 0.29) is 44.0 Å². The maximum absolute atomic E-state index is 10.1. The molecule has 196 valence electrons. The molecule has 0 fully saturated rings. The molecule has 4 radical (unpaired) electrons. The SMILES string of the molecule is OCCc1ccccn1.OCCc1cccnc1.[Ge].[O-]CCc1ccccn1.[O-]CCc1ccccn1. The minimum atomic E-state index is -0.0724. The van der Waals surface area contributed by atoms with Gasteiger partial charge in [-0.25, -0.2) is 0 Å². The molecule has 0 unspecified atom stereocenters. The van der Waals surface area contributed by atoms with Gasteiger partial charge in [0.25, 0.3) is 0 Å². The quantitative estimate of drug-likeness (QED) is 0.301. The van der Waals surface area contributed by atoms with Gasteiger partial charge in [-0.1, -0.05) is 24.3 Å². The fraction of sp³-hybridized carbons (Fsp3) is 0.286. The largest absolute Gasteiger partial charge is 0.854 e. The predicted octanol–water partition coefficient (Wildman–Crippen LogP) is 0.821. The van der Waals surface area contributed by atoms with E-state index in [0.717, 1.165) is 22.6 Å². The Morgan fingerprint density at radius 2 is 1.00 bits per heavy atom. The summed E-state index contributed by atoms with van der Waals surface area (Å²) in [6.07, 6.45) is 11.1. The van der Waals surface area contributed by atoms with Crippen molar-refractivity contribution in [3.05, 3.63) is 120 Å². The van der Waals surface area contributed by atoms with Crippen LogP contribution in [0.1, 0.15) is 22.6 Å². The molecule has 2 N–H and O–H groups in total. The molecule has 4 rings (SSSR count). The third-order valence-corrected chi connectivity index (χ3v) is 4.39. The van der Waals surface area contributed by atoms with E-state index in [2.05, 4.69) is 19.9 Å². The van der Waals surface area contributed by atoms with Gasteiger partial charge in [-0.15, -0.1) is 13.2 Å². The maximum Gasteiger partial charge on any atom is 0.0486 e. The summed E-state index contributed by atoms with van der Waals surface area (Å²) in [7, 11) is 0. The van der Waals surface area contributed by atoms with Crippen LogP contribution in [0.15, 0.2) is 97.7 Å². The second kappa shape index (κ2) is 24.7. The minimum absolute atomic E-state index is 0. The first-order valence-electron chi connectivity index (χ1n) is 11.7. The van der Waals surface area contributed by atoms with Gasteiger partial charge in [-0.3, -0.25) is 19.9 Å². The normalized spacial score (nSPS) is 9.19. The molecule has 8 nitrogen and oxygen atoms in total. The number of aromatic nitrogens is 4. The third-order valence-electron chi connectivity index (χ3n) is 4.39. The van der Waals surface area contributed by atoms with Gasteiger partial charge < -0.3 is 20.4 Å². The number of pyridine rings is 4. The van der Waals surface area contributed by atoms with E-state index in [9.17, 15) is 10.2 Å². The maximum atomic E-state index is 10.1. The molecule has 0 aliphatic heterocycles. The van der Waals surface area contributed by atoms with Crippen molar-refractivity contribution in [3.8, 4) is 0 Å². The van der Waals surface area contributed by atoms with Gasteiger partial charge in [0.05, 0.1) is 0 Å². The number of hydrogen-bond acceptors (Lipinski definition) is 8. The zero-order valence-corrected chi connectivity index (χ0v) is 23.0. The standard InChI is InChI=1S/2C7H9NO.2C7H8NO.Ge/c9-5-3-7-2-1-4-8-6-7;3*9-6-4-7-3-1-2-5-8-7;/h1-2,4,6,9H,3,5H2;1-3,5,9H,4,6H2;2*1-3,5H,4,6H2;/q;;2*-1;. The van der Waals surface area contributed by atoms with E-state index in [4.69, 9.17) is 10.2 Å². The molecule has 0 spiro atoms. The van der Waals surface area contributed by atoms with Crippen molar-refractivity contribution in [1.82, 2.24) is 19.9 Å².